The lowest BCUT2D eigenvalue weighted by Crippen LogP contribution is -2.45. The molecule has 1 heterocycles. The fourth-order valence-electron chi connectivity index (χ4n) is 3.68. The molecule has 0 aromatic heterocycles. The molecule has 3 aromatic rings. The molecule has 0 bridgehead atoms. The highest BCUT2D eigenvalue weighted by Crippen LogP contribution is 2.20. The Morgan fingerprint density at radius 1 is 0.800 bits per heavy atom. The first-order chi connectivity index (χ1) is 14.8. The average molecular weight is 398 g/mol. The molecule has 0 saturated carbocycles. The summed E-state index contributed by atoms with van der Waals surface area (Å²) < 4.78 is 0. The number of piperazine rings is 1. The Bertz CT molecular complexity index is 960. The topological polar surface area (TPSA) is 35.6 Å². The van der Waals surface area contributed by atoms with E-state index >= 15 is 0 Å². The molecule has 1 saturated heterocycles. The lowest BCUT2D eigenvalue weighted by atomic mass is 10.2. The van der Waals surface area contributed by atoms with Crippen LogP contribution in [0.1, 0.15) is 11.1 Å². The second-order valence-electron chi connectivity index (χ2n) is 7.53. The van der Waals surface area contributed by atoms with Gasteiger partial charge in [-0.05, 0) is 41.5 Å². The molecule has 0 unspecified atom stereocenters. The van der Waals surface area contributed by atoms with Crippen LogP contribution < -0.4 is 10.2 Å². The molecule has 0 aliphatic carbocycles. The number of carbonyl (C=O) groups excluding carboxylic acids is 1. The van der Waals surface area contributed by atoms with Crippen molar-refractivity contribution in [1.29, 1.82) is 0 Å². The van der Waals surface area contributed by atoms with E-state index in [-0.39, 0.29) is 5.91 Å². The van der Waals surface area contributed by atoms with Crippen molar-refractivity contribution in [1.82, 2.24) is 4.90 Å². The molecule has 0 spiro atoms. The minimum Gasteiger partial charge on any atom is -0.369 e. The van der Waals surface area contributed by atoms with Crippen LogP contribution in [0.3, 0.4) is 0 Å². The average Bonchev–Trinajstić information content (AvgIpc) is 2.80. The number of anilines is 2. The summed E-state index contributed by atoms with van der Waals surface area (Å²) in [4.78, 5) is 17.0. The van der Waals surface area contributed by atoms with E-state index in [0.29, 0.717) is 0 Å². The molecule has 1 amide bonds. The lowest BCUT2D eigenvalue weighted by Gasteiger charge is -2.36. The Hall–Kier alpha value is -3.37. The highest BCUT2D eigenvalue weighted by atomic mass is 16.1. The molecule has 3 aromatic carbocycles. The van der Waals surface area contributed by atoms with E-state index in [0.717, 1.165) is 44.0 Å². The van der Waals surface area contributed by atoms with Crippen molar-refractivity contribution in [2.45, 2.75) is 6.54 Å². The molecule has 1 aliphatic heterocycles. The van der Waals surface area contributed by atoms with Crippen molar-refractivity contribution in [3.63, 3.8) is 0 Å². The van der Waals surface area contributed by atoms with Crippen molar-refractivity contribution in [2.75, 3.05) is 36.4 Å². The van der Waals surface area contributed by atoms with Crippen LogP contribution in [0.5, 0.6) is 0 Å². The standard InChI is InChI=1S/C26H27N3O/c30-26(16-11-22-7-3-1-4-8-22)27-24-12-14-25(15-13-24)29-19-17-28(18-20-29)21-23-9-5-2-6-10-23/h1-16H,17-21H2,(H,27,30). The highest BCUT2D eigenvalue weighted by molar-refractivity contribution is 6.02. The van der Waals surface area contributed by atoms with E-state index in [1.54, 1.807) is 6.08 Å². The smallest absolute Gasteiger partial charge is 0.248 e. The second-order valence-corrected chi connectivity index (χ2v) is 7.53. The fraction of sp³-hybridized carbons (Fsp3) is 0.192. The summed E-state index contributed by atoms with van der Waals surface area (Å²) in [5.41, 5.74) is 4.39. The molecular formula is C26H27N3O. The van der Waals surface area contributed by atoms with Crippen molar-refractivity contribution < 1.29 is 4.79 Å². The summed E-state index contributed by atoms with van der Waals surface area (Å²) in [6.07, 6.45) is 3.38. The number of benzene rings is 3. The highest BCUT2D eigenvalue weighted by Gasteiger charge is 2.17. The first kappa shape index (κ1) is 19.9. The maximum atomic E-state index is 12.1. The number of rotatable bonds is 6. The zero-order valence-electron chi connectivity index (χ0n) is 17.1. The Kier molecular flexibility index (Phi) is 6.58. The minimum absolute atomic E-state index is 0.124. The number of hydrogen-bond donors (Lipinski definition) is 1. The van der Waals surface area contributed by atoms with Gasteiger partial charge in [0.25, 0.3) is 0 Å². The third-order valence-corrected chi connectivity index (χ3v) is 5.35. The van der Waals surface area contributed by atoms with Gasteiger partial charge in [0, 0.05) is 50.2 Å². The Morgan fingerprint density at radius 3 is 2.10 bits per heavy atom. The number of nitrogens with one attached hydrogen (secondary N) is 1. The van der Waals surface area contributed by atoms with Crippen LogP contribution in [0.15, 0.2) is 91.0 Å². The molecule has 1 aliphatic rings. The number of amides is 1. The predicted octanol–water partition coefficient (Wildman–Crippen LogP) is 4.66. The van der Waals surface area contributed by atoms with Crippen LogP contribution in [0.4, 0.5) is 11.4 Å². The van der Waals surface area contributed by atoms with Gasteiger partial charge in [0.15, 0.2) is 0 Å². The molecule has 30 heavy (non-hydrogen) atoms. The summed E-state index contributed by atoms with van der Waals surface area (Å²) in [7, 11) is 0. The summed E-state index contributed by atoms with van der Waals surface area (Å²) in [5, 5.41) is 2.92. The van der Waals surface area contributed by atoms with E-state index in [1.165, 1.54) is 11.3 Å². The number of carbonyl (C=O) groups is 1. The van der Waals surface area contributed by atoms with E-state index in [9.17, 15) is 4.79 Å². The molecule has 4 rings (SSSR count). The SMILES string of the molecule is O=C(C=Cc1ccccc1)Nc1ccc(N2CCN(Cc3ccccc3)CC2)cc1. The Morgan fingerprint density at radius 2 is 1.43 bits per heavy atom. The van der Waals surface area contributed by atoms with Crippen molar-refractivity contribution in [3.05, 3.63) is 102 Å². The summed E-state index contributed by atoms with van der Waals surface area (Å²) in [5.74, 6) is -0.124. The molecule has 0 atom stereocenters. The quantitative estimate of drug-likeness (QED) is 0.615. The maximum Gasteiger partial charge on any atom is 0.248 e. The molecule has 4 nitrogen and oxygen atoms in total. The molecule has 1 fully saturated rings. The van der Waals surface area contributed by atoms with Crippen LogP contribution in [0.25, 0.3) is 6.08 Å². The number of hydrogen-bond acceptors (Lipinski definition) is 3. The van der Waals surface area contributed by atoms with E-state index < -0.39 is 0 Å². The van der Waals surface area contributed by atoms with Gasteiger partial charge in [0.05, 0.1) is 0 Å². The third-order valence-electron chi connectivity index (χ3n) is 5.35. The molecular weight excluding hydrogens is 370 g/mol. The van der Waals surface area contributed by atoms with E-state index in [1.807, 2.05) is 48.5 Å². The largest absolute Gasteiger partial charge is 0.369 e. The monoisotopic (exact) mass is 397 g/mol. The molecule has 152 valence electrons. The Labute approximate surface area is 178 Å². The van der Waals surface area contributed by atoms with Crippen molar-refractivity contribution in [3.8, 4) is 0 Å². The van der Waals surface area contributed by atoms with E-state index in [4.69, 9.17) is 0 Å². The molecule has 0 radical (unpaired) electrons. The summed E-state index contributed by atoms with van der Waals surface area (Å²) >= 11 is 0. The Balaban J connectivity index is 1.26. The van der Waals surface area contributed by atoms with Gasteiger partial charge in [-0.2, -0.15) is 0 Å². The normalized spacial score (nSPS) is 14.7. The van der Waals surface area contributed by atoms with E-state index in [2.05, 4.69) is 57.6 Å². The minimum atomic E-state index is -0.124. The molecule has 4 heteroatoms. The second kappa shape index (κ2) is 9.90. The van der Waals surface area contributed by atoms with Gasteiger partial charge in [-0.25, -0.2) is 0 Å². The number of nitrogens with zero attached hydrogens (tertiary/aromatic N) is 2. The third kappa shape index (κ3) is 5.58. The summed E-state index contributed by atoms with van der Waals surface area (Å²) in [6.45, 7) is 5.14. The first-order valence-corrected chi connectivity index (χ1v) is 10.4. The van der Waals surface area contributed by atoms with Gasteiger partial charge in [-0.15, -0.1) is 0 Å². The van der Waals surface area contributed by atoms with Crippen molar-refractivity contribution in [2.24, 2.45) is 0 Å². The van der Waals surface area contributed by atoms with Gasteiger partial charge in [-0.1, -0.05) is 60.7 Å². The zero-order chi connectivity index (χ0) is 20.6. The van der Waals surface area contributed by atoms with Crippen LogP contribution >= 0.6 is 0 Å². The first-order valence-electron chi connectivity index (χ1n) is 10.4. The van der Waals surface area contributed by atoms with Gasteiger partial charge in [0.2, 0.25) is 5.91 Å². The van der Waals surface area contributed by atoms with Gasteiger partial charge < -0.3 is 10.2 Å². The zero-order valence-corrected chi connectivity index (χ0v) is 17.1. The van der Waals surface area contributed by atoms with Gasteiger partial charge in [-0.3, -0.25) is 9.69 Å². The fourth-order valence-corrected chi connectivity index (χ4v) is 3.68. The lowest BCUT2D eigenvalue weighted by molar-refractivity contribution is -0.111. The van der Waals surface area contributed by atoms with Crippen LogP contribution in [-0.2, 0) is 11.3 Å². The molecule has 1 N–H and O–H groups in total. The summed E-state index contributed by atoms with van der Waals surface area (Å²) in [6, 6.07) is 28.6. The maximum absolute atomic E-state index is 12.1. The van der Waals surface area contributed by atoms with Gasteiger partial charge in [0.1, 0.15) is 0 Å². The predicted molar refractivity (Wildman–Crippen MR) is 124 cm³/mol. The van der Waals surface area contributed by atoms with Crippen molar-refractivity contribution >= 4 is 23.4 Å². The van der Waals surface area contributed by atoms with Gasteiger partial charge >= 0.3 is 0 Å². The van der Waals surface area contributed by atoms with Crippen LogP contribution in [0, 0.1) is 0 Å². The van der Waals surface area contributed by atoms with Crippen LogP contribution in [-0.4, -0.2) is 37.0 Å². The van der Waals surface area contributed by atoms with Crippen LogP contribution in [0.2, 0.25) is 0 Å².